The Bertz CT molecular complexity index is 1040. The van der Waals surface area contributed by atoms with E-state index in [1.165, 1.54) is 0 Å². The molecule has 1 amide bonds. The summed E-state index contributed by atoms with van der Waals surface area (Å²) in [6.07, 6.45) is 1.01. The van der Waals surface area contributed by atoms with E-state index in [0.29, 0.717) is 12.8 Å². The maximum atomic E-state index is 12.7. The number of hydrogen-bond donors (Lipinski definition) is 1. The molecule has 0 fully saturated rings. The fraction of sp³-hybridized carbons (Fsp3) is 0.227. The van der Waals surface area contributed by atoms with Gasteiger partial charge in [0.1, 0.15) is 5.54 Å². The maximum absolute atomic E-state index is 12.7. The summed E-state index contributed by atoms with van der Waals surface area (Å²) >= 11 is 3.28. The van der Waals surface area contributed by atoms with Crippen LogP contribution in [0.25, 0.3) is 20.2 Å². The van der Waals surface area contributed by atoms with Gasteiger partial charge in [0.2, 0.25) is 5.91 Å². The van der Waals surface area contributed by atoms with Gasteiger partial charge in [0.15, 0.2) is 0 Å². The quantitative estimate of drug-likeness (QED) is 0.314. The first-order chi connectivity index (χ1) is 13.1. The predicted molar refractivity (Wildman–Crippen MR) is 114 cm³/mol. The zero-order chi connectivity index (χ0) is 19.0. The van der Waals surface area contributed by atoms with Crippen LogP contribution in [-0.4, -0.2) is 16.2 Å². The van der Waals surface area contributed by atoms with Crippen LogP contribution in [0.15, 0.2) is 59.3 Å². The van der Waals surface area contributed by atoms with Crippen molar-refractivity contribution in [3.8, 4) is 0 Å². The second-order valence-electron chi connectivity index (χ2n) is 6.82. The molecular formula is C22H21NO2S2. The molecule has 4 rings (SSSR count). The minimum absolute atomic E-state index is 0.259. The molecule has 27 heavy (non-hydrogen) atoms. The van der Waals surface area contributed by atoms with Gasteiger partial charge < -0.3 is 0 Å². The fourth-order valence-corrected chi connectivity index (χ4v) is 5.78. The van der Waals surface area contributed by atoms with Gasteiger partial charge in [-0.15, -0.1) is 22.7 Å². The molecule has 0 bridgehead atoms. The summed E-state index contributed by atoms with van der Waals surface area (Å²) in [7, 11) is 0. The summed E-state index contributed by atoms with van der Waals surface area (Å²) in [5, 5.41) is 18.4. The molecular weight excluding hydrogens is 374 g/mol. The first kappa shape index (κ1) is 18.2. The van der Waals surface area contributed by atoms with Crippen molar-refractivity contribution < 1.29 is 10.0 Å². The lowest BCUT2D eigenvalue weighted by Gasteiger charge is -2.37. The predicted octanol–water partition coefficient (Wildman–Crippen LogP) is 6.40. The largest absolute Gasteiger partial charge is 0.285 e. The van der Waals surface area contributed by atoms with Crippen molar-refractivity contribution in [1.29, 1.82) is 0 Å². The number of nitrogens with zero attached hydrogens (tertiary/aromatic N) is 1. The molecule has 0 saturated carbocycles. The molecule has 2 aromatic heterocycles. The zero-order valence-corrected chi connectivity index (χ0v) is 16.9. The lowest BCUT2D eigenvalue weighted by atomic mass is 9.83. The van der Waals surface area contributed by atoms with E-state index < -0.39 is 5.54 Å². The number of rotatable bonds is 5. The van der Waals surface area contributed by atoms with Crippen LogP contribution in [0.1, 0.15) is 37.8 Å². The van der Waals surface area contributed by atoms with Gasteiger partial charge in [0.25, 0.3) is 0 Å². The highest BCUT2D eigenvalue weighted by Gasteiger charge is 2.41. The van der Waals surface area contributed by atoms with Gasteiger partial charge in [0, 0.05) is 26.9 Å². The summed E-state index contributed by atoms with van der Waals surface area (Å²) in [6.45, 7) is 3.90. The fourth-order valence-electron chi connectivity index (χ4n) is 3.65. The zero-order valence-electron chi connectivity index (χ0n) is 15.3. The van der Waals surface area contributed by atoms with Gasteiger partial charge in [-0.05, 0) is 47.0 Å². The molecule has 138 valence electrons. The summed E-state index contributed by atoms with van der Waals surface area (Å²) in [4.78, 5) is 12.7. The van der Waals surface area contributed by atoms with Crippen molar-refractivity contribution >= 4 is 48.8 Å². The smallest absolute Gasteiger partial charge is 0.247 e. The number of amides is 1. The number of hydrogen-bond acceptors (Lipinski definition) is 4. The first-order valence-corrected chi connectivity index (χ1v) is 10.8. The average molecular weight is 396 g/mol. The third-order valence-corrected chi connectivity index (χ3v) is 7.06. The van der Waals surface area contributed by atoms with E-state index in [0.717, 1.165) is 36.4 Å². The first-order valence-electron chi connectivity index (χ1n) is 9.02. The van der Waals surface area contributed by atoms with Crippen molar-refractivity contribution in [2.24, 2.45) is 0 Å². The van der Waals surface area contributed by atoms with Crippen LogP contribution >= 0.6 is 22.7 Å². The van der Waals surface area contributed by atoms with E-state index in [1.807, 2.05) is 38.1 Å². The van der Waals surface area contributed by atoms with E-state index in [1.54, 1.807) is 22.7 Å². The molecule has 5 heteroatoms. The molecule has 4 aromatic rings. The Balaban J connectivity index is 1.99. The average Bonchev–Trinajstić information content (AvgIpc) is 3.32. The second kappa shape index (κ2) is 7.08. The van der Waals surface area contributed by atoms with Crippen LogP contribution in [0.4, 0.5) is 0 Å². The number of benzene rings is 2. The van der Waals surface area contributed by atoms with Gasteiger partial charge in [-0.2, -0.15) is 0 Å². The third-order valence-electron chi connectivity index (χ3n) is 5.13. The number of thiophene rings is 2. The Hall–Kier alpha value is -2.21. The van der Waals surface area contributed by atoms with Gasteiger partial charge in [-0.1, -0.05) is 43.3 Å². The van der Waals surface area contributed by atoms with Crippen LogP contribution in [0, 0.1) is 0 Å². The topological polar surface area (TPSA) is 40.5 Å². The van der Waals surface area contributed by atoms with Gasteiger partial charge in [0.05, 0.1) is 0 Å². The normalized spacial score (nSPS) is 12.0. The maximum Gasteiger partial charge on any atom is 0.247 e. The Morgan fingerprint density at radius 3 is 1.93 bits per heavy atom. The molecule has 0 atom stereocenters. The highest BCUT2D eigenvalue weighted by molar-refractivity contribution is 7.17. The summed E-state index contributed by atoms with van der Waals surface area (Å²) in [5.41, 5.74) is 0.961. The van der Waals surface area contributed by atoms with E-state index in [2.05, 4.69) is 35.0 Å². The van der Waals surface area contributed by atoms with Crippen molar-refractivity contribution in [2.45, 2.75) is 32.2 Å². The molecule has 0 aliphatic heterocycles. The Morgan fingerprint density at radius 1 is 0.963 bits per heavy atom. The monoisotopic (exact) mass is 395 g/mol. The van der Waals surface area contributed by atoms with E-state index >= 15 is 0 Å². The molecule has 0 saturated heterocycles. The number of hydroxylamine groups is 2. The van der Waals surface area contributed by atoms with Crippen LogP contribution in [0.3, 0.4) is 0 Å². The van der Waals surface area contributed by atoms with Crippen molar-refractivity contribution in [3.05, 3.63) is 70.4 Å². The van der Waals surface area contributed by atoms with Crippen LogP contribution in [0.5, 0.6) is 0 Å². The molecule has 0 aliphatic rings. The van der Waals surface area contributed by atoms with Crippen molar-refractivity contribution in [3.63, 3.8) is 0 Å². The minimum atomic E-state index is -0.953. The minimum Gasteiger partial charge on any atom is -0.285 e. The highest BCUT2D eigenvalue weighted by atomic mass is 32.1. The van der Waals surface area contributed by atoms with Gasteiger partial charge in [-0.3, -0.25) is 10.0 Å². The van der Waals surface area contributed by atoms with Crippen LogP contribution in [0.2, 0.25) is 0 Å². The molecule has 1 N–H and O–H groups in total. The summed E-state index contributed by atoms with van der Waals surface area (Å²) < 4.78 is 2.30. The molecule has 3 nitrogen and oxygen atoms in total. The molecule has 0 unspecified atom stereocenters. The number of carbonyl (C=O) groups excluding carboxylic acids is 1. The van der Waals surface area contributed by atoms with Crippen LogP contribution < -0.4 is 0 Å². The van der Waals surface area contributed by atoms with E-state index in [9.17, 15) is 10.0 Å². The van der Waals surface area contributed by atoms with Gasteiger partial charge >= 0.3 is 0 Å². The number of carbonyl (C=O) groups is 1. The van der Waals surface area contributed by atoms with E-state index in [-0.39, 0.29) is 5.91 Å². The molecule has 0 spiro atoms. The SMILES string of the molecule is CCCC(=O)N(O)C(C)(c1csc2ccccc12)c1csc2ccccc12. The number of fused-ring (bicyclic) bond motifs is 2. The lowest BCUT2D eigenvalue weighted by molar-refractivity contribution is -0.187. The molecule has 0 aliphatic carbocycles. The van der Waals surface area contributed by atoms with Crippen molar-refractivity contribution in [1.82, 2.24) is 5.06 Å². The Kier molecular flexibility index (Phi) is 4.76. The van der Waals surface area contributed by atoms with Gasteiger partial charge in [-0.25, -0.2) is 5.06 Å². The van der Waals surface area contributed by atoms with Crippen LogP contribution in [-0.2, 0) is 10.3 Å². The molecule has 2 aromatic carbocycles. The Labute approximate surface area is 166 Å². The van der Waals surface area contributed by atoms with E-state index in [4.69, 9.17) is 0 Å². The Morgan fingerprint density at radius 2 is 1.44 bits per heavy atom. The standard InChI is InChI=1S/C22H21NO2S2/c1-3-8-21(24)23(25)22(2,17-13-26-19-11-6-4-9-15(17)19)18-14-27-20-12-7-5-10-16(18)20/h4-7,9-14,25H,3,8H2,1-2H3. The molecule has 0 radical (unpaired) electrons. The van der Waals surface area contributed by atoms with Crippen molar-refractivity contribution in [2.75, 3.05) is 0 Å². The molecule has 2 heterocycles. The second-order valence-corrected chi connectivity index (χ2v) is 8.64. The third kappa shape index (κ3) is 2.87. The summed E-state index contributed by atoms with van der Waals surface area (Å²) in [6, 6.07) is 16.3. The summed E-state index contributed by atoms with van der Waals surface area (Å²) in [5.74, 6) is -0.259. The highest BCUT2D eigenvalue weighted by Crippen LogP contribution is 2.45. The lowest BCUT2D eigenvalue weighted by Crippen LogP contribution is -2.46.